The number of ether oxygens (including phenoxy) is 2. The van der Waals surface area contributed by atoms with Gasteiger partial charge in [-0.2, -0.15) is 0 Å². The topological polar surface area (TPSA) is 103 Å². The highest BCUT2D eigenvalue weighted by Crippen LogP contribution is 2.34. The first-order valence-corrected chi connectivity index (χ1v) is 12.1. The maximum atomic E-state index is 12.8. The fourth-order valence-corrected chi connectivity index (χ4v) is 5.13. The minimum atomic E-state index is -0.173. The van der Waals surface area contributed by atoms with Crippen LogP contribution >= 0.6 is 11.8 Å². The molecule has 11 heteroatoms. The summed E-state index contributed by atoms with van der Waals surface area (Å²) >= 11 is 1.29. The maximum Gasteiger partial charge on any atom is 0.242 e. The molecule has 1 saturated heterocycles. The fraction of sp³-hybridized carbons (Fsp3) is 0.304. The molecule has 2 aromatic carbocycles. The van der Waals surface area contributed by atoms with Gasteiger partial charge >= 0.3 is 0 Å². The third kappa shape index (κ3) is 3.71. The van der Waals surface area contributed by atoms with Gasteiger partial charge in [-0.3, -0.25) is 18.6 Å². The Morgan fingerprint density at radius 3 is 2.65 bits per heavy atom. The highest BCUT2D eigenvalue weighted by molar-refractivity contribution is 7.99. The van der Waals surface area contributed by atoms with Crippen molar-refractivity contribution < 1.29 is 19.1 Å². The zero-order chi connectivity index (χ0) is 23.1. The van der Waals surface area contributed by atoms with Crippen LogP contribution in [0.25, 0.3) is 16.8 Å². The summed E-state index contributed by atoms with van der Waals surface area (Å²) in [6, 6.07) is 13.1. The molecule has 0 bridgehead atoms. The van der Waals surface area contributed by atoms with Crippen molar-refractivity contribution in [1.82, 2.24) is 24.1 Å². The van der Waals surface area contributed by atoms with Gasteiger partial charge in [0.1, 0.15) is 6.54 Å². The average molecular weight is 479 g/mol. The lowest BCUT2D eigenvalue weighted by Gasteiger charge is -2.15. The molecule has 4 heterocycles. The second-order valence-corrected chi connectivity index (χ2v) is 9.13. The van der Waals surface area contributed by atoms with Gasteiger partial charge in [-0.05, 0) is 37.1 Å². The van der Waals surface area contributed by atoms with Crippen LogP contribution in [0.4, 0.5) is 5.69 Å². The summed E-state index contributed by atoms with van der Waals surface area (Å²) in [6.07, 6.45) is 2.10. The number of para-hydroxylation sites is 2. The number of fused-ring (bicyclic) bond motifs is 4. The Bertz CT molecular complexity index is 1410. The Kier molecular flexibility index (Phi) is 5.25. The van der Waals surface area contributed by atoms with Gasteiger partial charge in [0, 0.05) is 24.8 Å². The summed E-state index contributed by atoms with van der Waals surface area (Å²) < 4.78 is 14.5. The van der Waals surface area contributed by atoms with Gasteiger partial charge in [0.2, 0.25) is 24.4 Å². The van der Waals surface area contributed by atoms with Crippen LogP contribution in [0, 0.1) is 0 Å². The zero-order valence-corrected chi connectivity index (χ0v) is 19.1. The molecule has 0 aliphatic carbocycles. The zero-order valence-electron chi connectivity index (χ0n) is 18.3. The van der Waals surface area contributed by atoms with Gasteiger partial charge < -0.3 is 19.7 Å². The predicted molar refractivity (Wildman–Crippen MR) is 126 cm³/mol. The lowest BCUT2D eigenvalue weighted by Crippen LogP contribution is -2.31. The van der Waals surface area contributed by atoms with Crippen LogP contribution < -0.4 is 14.8 Å². The number of benzene rings is 2. The quantitative estimate of drug-likeness (QED) is 0.425. The highest BCUT2D eigenvalue weighted by Gasteiger charge is 2.23. The number of hydrogen-bond acceptors (Lipinski definition) is 7. The Morgan fingerprint density at radius 1 is 1.00 bits per heavy atom. The molecule has 6 rings (SSSR count). The summed E-state index contributed by atoms with van der Waals surface area (Å²) in [7, 11) is 0. The number of imidazole rings is 1. The number of carbonyl (C=O) groups excluding carboxylic acids is 2. The number of nitrogens with zero attached hydrogens (tertiary/aromatic N) is 5. The van der Waals surface area contributed by atoms with Crippen LogP contribution in [0.3, 0.4) is 0 Å². The fourth-order valence-electron chi connectivity index (χ4n) is 4.39. The number of nitrogens with one attached hydrogen (secondary N) is 1. The predicted octanol–water partition coefficient (Wildman–Crippen LogP) is 2.77. The smallest absolute Gasteiger partial charge is 0.242 e. The Hall–Kier alpha value is -3.73. The van der Waals surface area contributed by atoms with Crippen LogP contribution in [-0.2, 0) is 16.1 Å². The molecule has 10 nitrogen and oxygen atoms in total. The molecule has 2 aromatic heterocycles. The van der Waals surface area contributed by atoms with Crippen molar-refractivity contribution in [3.63, 3.8) is 0 Å². The molecule has 2 amide bonds. The Balaban J connectivity index is 1.22. The third-order valence-electron chi connectivity index (χ3n) is 6.01. The Labute approximate surface area is 198 Å². The monoisotopic (exact) mass is 478 g/mol. The molecule has 0 spiro atoms. The third-order valence-corrected chi connectivity index (χ3v) is 6.94. The van der Waals surface area contributed by atoms with Crippen LogP contribution in [0.15, 0.2) is 47.6 Å². The van der Waals surface area contributed by atoms with E-state index in [1.807, 2.05) is 38.1 Å². The summed E-state index contributed by atoms with van der Waals surface area (Å²) in [5.41, 5.74) is 2.44. The number of aromatic nitrogens is 4. The molecule has 0 atom stereocenters. The van der Waals surface area contributed by atoms with Crippen molar-refractivity contribution in [3.05, 3.63) is 42.5 Å². The number of rotatable bonds is 6. The second-order valence-electron chi connectivity index (χ2n) is 8.19. The maximum absolute atomic E-state index is 12.8. The molecule has 1 N–H and O–H groups in total. The summed E-state index contributed by atoms with van der Waals surface area (Å²) in [5.74, 6) is 1.93. The summed E-state index contributed by atoms with van der Waals surface area (Å²) in [4.78, 5) is 27.3. The van der Waals surface area contributed by atoms with Crippen LogP contribution in [0.5, 0.6) is 11.5 Å². The van der Waals surface area contributed by atoms with Gasteiger partial charge in [-0.1, -0.05) is 23.9 Å². The van der Waals surface area contributed by atoms with Crippen molar-refractivity contribution in [2.24, 2.45) is 0 Å². The van der Waals surface area contributed by atoms with E-state index >= 15 is 0 Å². The molecular formula is C23H22N6O4S. The first kappa shape index (κ1) is 20.8. The lowest BCUT2D eigenvalue weighted by molar-refractivity contribution is -0.130. The lowest BCUT2D eigenvalue weighted by atomic mass is 10.3. The van der Waals surface area contributed by atoms with Gasteiger partial charge in [0.05, 0.1) is 16.8 Å². The van der Waals surface area contributed by atoms with E-state index in [-0.39, 0.29) is 30.9 Å². The van der Waals surface area contributed by atoms with Gasteiger partial charge in [0.15, 0.2) is 16.7 Å². The number of anilines is 1. The molecule has 2 aliphatic heterocycles. The van der Waals surface area contributed by atoms with Crippen molar-refractivity contribution in [1.29, 1.82) is 0 Å². The van der Waals surface area contributed by atoms with E-state index in [1.165, 1.54) is 11.8 Å². The number of carbonyl (C=O) groups is 2. The Morgan fingerprint density at radius 2 is 1.79 bits per heavy atom. The van der Waals surface area contributed by atoms with Gasteiger partial charge in [-0.15, -0.1) is 10.2 Å². The minimum Gasteiger partial charge on any atom is -0.454 e. The van der Waals surface area contributed by atoms with Gasteiger partial charge in [0.25, 0.3) is 0 Å². The molecule has 0 unspecified atom stereocenters. The largest absolute Gasteiger partial charge is 0.454 e. The van der Waals surface area contributed by atoms with E-state index in [9.17, 15) is 9.59 Å². The number of thioether (sulfide) groups is 1. The summed E-state index contributed by atoms with van der Waals surface area (Å²) in [5, 5.41) is 12.1. The highest BCUT2D eigenvalue weighted by atomic mass is 32.2. The molecule has 0 saturated carbocycles. The SMILES string of the molecule is O=C(CSc1nnc2n(CC(=O)N3CCCC3)c3ccccc3n12)Nc1ccc2c(c1)OCO2. The molecular weight excluding hydrogens is 456 g/mol. The van der Waals surface area contributed by atoms with E-state index < -0.39 is 0 Å². The van der Waals surface area contributed by atoms with Crippen LogP contribution in [0.2, 0.25) is 0 Å². The average Bonchev–Trinajstić information content (AvgIpc) is 3.63. The van der Waals surface area contributed by atoms with E-state index in [4.69, 9.17) is 9.47 Å². The molecule has 174 valence electrons. The van der Waals surface area contributed by atoms with Crippen LogP contribution in [-0.4, -0.2) is 61.5 Å². The van der Waals surface area contributed by atoms with Crippen molar-refractivity contribution in [2.45, 2.75) is 24.5 Å². The first-order valence-electron chi connectivity index (χ1n) is 11.1. The van der Waals surface area contributed by atoms with Crippen molar-refractivity contribution in [2.75, 3.05) is 31.0 Å². The number of likely N-dealkylation sites (tertiary alicyclic amines) is 1. The van der Waals surface area contributed by atoms with E-state index in [2.05, 4.69) is 15.5 Å². The van der Waals surface area contributed by atoms with E-state index in [1.54, 1.807) is 18.2 Å². The van der Waals surface area contributed by atoms with Crippen molar-refractivity contribution >= 4 is 46.1 Å². The van der Waals surface area contributed by atoms with Gasteiger partial charge in [-0.25, -0.2) is 0 Å². The van der Waals surface area contributed by atoms with E-state index in [0.29, 0.717) is 28.1 Å². The first-order chi connectivity index (χ1) is 16.7. The number of amides is 2. The van der Waals surface area contributed by atoms with Crippen molar-refractivity contribution in [3.8, 4) is 11.5 Å². The molecule has 4 aromatic rings. The molecule has 1 fully saturated rings. The minimum absolute atomic E-state index is 0.0843. The second kappa shape index (κ2) is 8.56. The molecule has 34 heavy (non-hydrogen) atoms. The molecule has 0 radical (unpaired) electrons. The van der Waals surface area contributed by atoms with E-state index in [0.717, 1.165) is 37.0 Å². The standard InChI is InChI=1S/C23H22N6O4S/c30-20(24-15-7-8-18-19(11-15)33-14-32-18)13-34-23-26-25-22-28(12-21(31)27-9-3-4-10-27)16-5-1-2-6-17(16)29(22)23/h1-2,5-8,11H,3-4,9-10,12-14H2,(H,24,30). The normalized spacial score (nSPS) is 14.9. The van der Waals surface area contributed by atoms with Crippen LogP contribution in [0.1, 0.15) is 12.8 Å². The molecule has 2 aliphatic rings. The number of hydrogen-bond donors (Lipinski definition) is 1. The summed E-state index contributed by atoms with van der Waals surface area (Å²) in [6.45, 7) is 2.01.